The van der Waals surface area contributed by atoms with Crippen molar-refractivity contribution in [3.63, 3.8) is 0 Å². The Kier molecular flexibility index (Phi) is 2.57. The van der Waals surface area contributed by atoms with Crippen LogP contribution in [0.3, 0.4) is 0 Å². The molecular formula is C14H10O4S. The summed E-state index contributed by atoms with van der Waals surface area (Å²) in [6.07, 6.45) is 0. The molecule has 0 saturated carbocycles. The van der Waals surface area contributed by atoms with Crippen molar-refractivity contribution in [3.8, 4) is 5.75 Å². The molecule has 3 rings (SSSR count). The molecule has 0 aliphatic carbocycles. The average Bonchev–Trinajstić information content (AvgIpc) is 2.78. The van der Waals surface area contributed by atoms with Crippen molar-refractivity contribution >= 4 is 20.8 Å². The summed E-state index contributed by atoms with van der Waals surface area (Å²) in [4.78, 5) is 0.0874. The fraction of sp³-hybridized carbons (Fsp3) is 0. The van der Waals surface area contributed by atoms with Gasteiger partial charge in [-0.15, -0.1) is 0 Å². The molecule has 0 fully saturated rings. The lowest BCUT2D eigenvalue weighted by molar-refractivity contribution is 0.404. The van der Waals surface area contributed by atoms with Crippen LogP contribution < -0.4 is 0 Å². The molecule has 96 valence electrons. The number of benzene rings is 2. The van der Waals surface area contributed by atoms with Gasteiger partial charge in [-0.25, -0.2) is 8.42 Å². The predicted octanol–water partition coefficient (Wildman–Crippen LogP) is 2.97. The molecule has 1 heterocycles. The maximum absolute atomic E-state index is 12.4. The largest absolute Gasteiger partial charge is 0.503 e. The van der Waals surface area contributed by atoms with Crippen LogP contribution >= 0.6 is 0 Å². The Balaban J connectivity index is 2.28. The van der Waals surface area contributed by atoms with Crippen molar-refractivity contribution < 1.29 is 17.9 Å². The first-order chi connectivity index (χ1) is 9.10. The maximum atomic E-state index is 12.4. The second-order valence-electron chi connectivity index (χ2n) is 4.05. The summed E-state index contributed by atoms with van der Waals surface area (Å²) in [7, 11) is -3.85. The normalized spacial score (nSPS) is 11.8. The zero-order valence-corrected chi connectivity index (χ0v) is 10.6. The van der Waals surface area contributed by atoms with E-state index < -0.39 is 14.9 Å². The van der Waals surface area contributed by atoms with Gasteiger partial charge in [0.15, 0.2) is 5.75 Å². The lowest BCUT2D eigenvalue weighted by Crippen LogP contribution is -2.00. The fourth-order valence-corrected chi connectivity index (χ4v) is 3.19. The highest BCUT2D eigenvalue weighted by Crippen LogP contribution is 2.37. The number of para-hydroxylation sites is 1. The first-order valence-electron chi connectivity index (χ1n) is 5.61. The molecule has 0 amide bonds. The zero-order valence-electron chi connectivity index (χ0n) is 9.78. The van der Waals surface area contributed by atoms with Crippen molar-refractivity contribution in [2.45, 2.75) is 9.99 Å². The number of hydrogen-bond donors (Lipinski definition) is 1. The van der Waals surface area contributed by atoms with Crippen molar-refractivity contribution in [1.29, 1.82) is 0 Å². The molecular weight excluding hydrogens is 264 g/mol. The van der Waals surface area contributed by atoms with Crippen LogP contribution in [0, 0.1) is 0 Å². The number of fused-ring (bicyclic) bond motifs is 1. The summed E-state index contributed by atoms with van der Waals surface area (Å²) in [6.45, 7) is 0. The van der Waals surface area contributed by atoms with E-state index in [-0.39, 0.29) is 10.6 Å². The lowest BCUT2D eigenvalue weighted by atomic mass is 10.2. The zero-order chi connectivity index (χ0) is 13.5. The minimum Gasteiger partial charge on any atom is -0.503 e. The molecule has 3 aromatic rings. The van der Waals surface area contributed by atoms with Gasteiger partial charge in [-0.3, -0.25) is 0 Å². The number of rotatable bonds is 2. The van der Waals surface area contributed by atoms with Crippen LogP contribution in [-0.4, -0.2) is 13.5 Å². The topological polar surface area (TPSA) is 67.5 Å². The van der Waals surface area contributed by atoms with Crippen LogP contribution in [0.5, 0.6) is 5.75 Å². The van der Waals surface area contributed by atoms with E-state index in [0.717, 1.165) is 0 Å². The monoisotopic (exact) mass is 274 g/mol. The number of sulfone groups is 1. The lowest BCUT2D eigenvalue weighted by Gasteiger charge is -2.00. The van der Waals surface area contributed by atoms with Gasteiger partial charge in [-0.1, -0.05) is 30.3 Å². The van der Waals surface area contributed by atoms with Crippen molar-refractivity contribution in [2.75, 3.05) is 0 Å². The van der Waals surface area contributed by atoms with Crippen LogP contribution in [0.15, 0.2) is 69.0 Å². The standard InChI is InChI=1S/C14H10O4S/c15-13-11-8-4-5-9-12(11)18-14(13)19(16,17)10-6-2-1-3-7-10/h1-9,15H. The SMILES string of the molecule is O=S(=O)(c1ccccc1)c1oc2ccccc2c1O. The Morgan fingerprint density at radius 2 is 1.53 bits per heavy atom. The van der Waals surface area contributed by atoms with Gasteiger partial charge in [0.2, 0.25) is 9.84 Å². The van der Waals surface area contributed by atoms with Gasteiger partial charge in [0, 0.05) is 0 Å². The third-order valence-electron chi connectivity index (χ3n) is 2.84. The summed E-state index contributed by atoms with van der Waals surface area (Å²) in [5, 5.41) is 9.98. The van der Waals surface area contributed by atoms with Crippen LogP contribution in [0.4, 0.5) is 0 Å². The molecule has 0 unspecified atom stereocenters. The van der Waals surface area contributed by atoms with E-state index in [4.69, 9.17) is 4.42 Å². The van der Waals surface area contributed by atoms with E-state index in [1.54, 1.807) is 42.5 Å². The van der Waals surface area contributed by atoms with Gasteiger partial charge < -0.3 is 9.52 Å². The van der Waals surface area contributed by atoms with Crippen molar-refractivity contribution in [1.82, 2.24) is 0 Å². The quantitative estimate of drug-likeness (QED) is 0.780. The molecule has 1 N–H and O–H groups in total. The summed E-state index contributed by atoms with van der Waals surface area (Å²) in [6, 6.07) is 14.5. The van der Waals surface area contributed by atoms with E-state index in [1.165, 1.54) is 12.1 Å². The molecule has 1 aromatic heterocycles. The first-order valence-corrected chi connectivity index (χ1v) is 7.09. The number of aromatic hydroxyl groups is 1. The Morgan fingerprint density at radius 3 is 2.21 bits per heavy atom. The van der Waals surface area contributed by atoms with E-state index >= 15 is 0 Å². The molecule has 0 atom stereocenters. The Hall–Kier alpha value is -2.27. The summed E-state index contributed by atoms with van der Waals surface area (Å²) in [5.74, 6) is -0.348. The van der Waals surface area contributed by atoms with Crippen LogP contribution in [0.2, 0.25) is 0 Å². The Bertz CT molecular complexity index is 832. The van der Waals surface area contributed by atoms with Crippen molar-refractivity contribution in [2.24, 2.45) is 0 Å². The molecule has 4 nitrogen and oxygen atoms in total. The summed E-state index contributed by atoms with van der Waals surface area (Å²) < 4.78 is 30.0. The van der Waals surface area contributed by atoms with Gasteiger partial charge in [-0.2, -0.15) is 0 Å². The van der Waals surface area contributed by atoms with Gasteiger partial charge in [-0.05, 0) is 24.3 Å². The van der Waals surface area contributed by atoms with Crippen LogP contribution in [-0.2, 0) is 9.84 Å². The van der Waals surface area contributed by atoms with E-state index in [9.17, 15) is 13.5 Å². The molecule has 0 aliphatic rings. The highest BCUT2D eigenvalue weighted by molar-refractivity contribution is 7.91. The smallest absolute Gasteiger partial charge is 0.266 e. The minimum absolute atomic E-state index is 0.0874. The van der Waals surface area contributed by atoms with Crippen molar-refractivity contribution in [3.05, 3.63) is 54.6 Å². The average molecular weight is 274 g/mol. The molecule has 0 bridgehead atoms. The molecule has 0 saturated heterocycles. The molecule has 19 heavy (non-hydrogen) atoms. The van der Waals surface area contributed by atoms with Crippen LogP contribution in [0.1, 0.15) is 0 Å². The summed E-state index contributed by atoms with van der Waals surface area (Å²) in [5.41, 5.74) is 0.342. The van der Waals surface area contributed by atoms with Gasteiger partial charge >= 0.3 is 0 Å². The minimum atomic E-state index is -3.85. The Morgan fingerprint density at radius 1 is 0.895 bits per heavy atom. The second-order valence-corrected chi connectivity index (χ2v) is 5.90. The molecule has 0 radical (unpaired) electrons. The third-order valence-corrected chi connectivity index (χ3v) is 4.49. The van der Waals surface area contributed by atoms with E-state index in [1.807, 2.05) is 0 Å². The second kappa shape index (κ2) is 4.13. The summed E-state index contributed by atoms with van der Waals surface area (Å²) >= 11 is 0. The number of furan rings is 1. The van der Waals surface area contributed by atoms with Gasteiger partial charge in [0.1, 0.15) is 5.58 Å². The Labute approximate surface area is 109 Å². The van der Waals surface area contributed by atoms with E-state index in [0.29, 0.717) is 11.0 Å². The van der Waals surface area contributed by atoms with E-state index in [2.05, 4.69) is 0 Å². The molecule has 2 aromatic carbocycles. The predicted molar refractivity (Wildman–Crippen MR) is 69.8 cm³/mol. The highest BCUT2D eigenvalue weighted by atomic mass is 32.2. The first kappa shape index (κ1) is 11.8. The fourth-order valence-electron chi connectivity index (χ4n) is 1.90. The van der Waals surface area contributed by atoms with Crippen LogP contribution in [0.25, 0.3) is 11.0 Å². The maximum Gasteiger partial charge on any atom is 0.266 e. The number of hydrogen-bond acceptors (Lipinski definition) is 4. The molecule has 0 aliphatic heterocycles. The molecule has 0 spiro atoms. The van der Waals surface area contributed by atoms with Gasteiger partial charge in [0.25, 0.3) is 5.09 Å². The highest BCUT2D eigenvalue weighted by Gasteiger charge is 2.27. The third kappa shape index (κ3) is 1.79. The van der Waals surface area contributed by atoms with Gasteiger partial charge in [0.05, 0.1) is 10.3 Å². The molecule has 5 heteroatoms.